The summed E-state index contributed by atoms with van der Waals surface area (Å²) in [6.45, 7) is 4.46. The van der Waals surface area contributed by atoms with Gasteiger partial charge < -0.3 is 5.32 Å². The van der Waals surface area contributed by atoms with E-state index in [0.29, 0.717) is 12.1 Å². The molecule has 2 aromatic rings. The highest BCUT2D eigenvalue weighted by molar-refractivity contribution is 9.10. The average molecular weight is 343 g/mol. The molecule has 0 aliphatic carbocycles. The van der Waals surface area contributed by atoms with Crippen molar-refractivity contribution in [2.75, 3.05) is 5.32 Å². The van der Waals surface area contributed by atoms with Gasteiger partial charge in [-0.25, -0.2) is 4.39 Å². The molecule has 0 fully saturated rings. The van der Waals surface area contributed by atoms with Gasteiger partial charge in [0.15, 0.2) is 0 Å². The van der Waals surface area contributed by atoms with Crippen LogP contribution >= 0.6 is 27.5 Å². The van der Waals surface area contributed by atoms with Gasteiger partial charge in [-0.1, -0.05) is 29.8 Å². The van der Waals surface area contributed by atoms with E-state index in [1.807, 2.05) is 19.9 Å². The number of halogens is 3. The molecule has 0 radical (unpaired) electrons. The molecule has 0 aliphatic rings. The third-order valence-corrected chi connectivity index (χ3v) is 3.84. The quantitative estimate of drug-likeness (QED) is 0.780. The first-order valence-corrected chi connectivity index (χ1v) is 7.09. The number of anilines is 1. The second kappa shape index (κ2) is 5.93. The van der Waals surface area contributed by atoms with Crippen LogP contribution in [0.1, 0.15) is 16.7 Å². The smallest absolute Gasteiger partial charge is 0.146 e. The Labute approximate surface area is 125 Å². The fourth-order valence-corrected chi connectivity index (χ4v) is 3.02. The van der Waals surface area contributed by atoms with Gasteiger partial charge in [-0.15, -0.1) is 0 Å². The van der Waals surface area contributed by atoms with E-state index < -0.39 is 0 Å². The molecule has 2 aromatic carbocycles. The zero-order valence-corrected chi connectivity index (χ0v) is 13.1. The van der Waals surface area contributed by atoms with Gasteiger partial charge in [0.1, 0.15) is 5.82 Å². The molecule has 0 heterocycles. The minimum Gasteiger partial charge on any atom is -0.380 e. The number of hydrogen-bond donors (Lipinski definition) is 1. The highest BCUT2D eigenvalue weighted by Crippen LogP contribution is 2.28. The third-order valence-electron chi connectivity index (χ3n) is 2.92. The average Bonchev–Trinajstić information content (AvgIpc) is 2.33. The Hall–Kier alpha value is -1.06. The number of aryl methyl sites for hydroxylation is 2. The van der Waals surface area contributed by atoms with E-state index in [1.165, 1.54) is 5.56 Å². The molecule has 0 saturated heterocycles. The van der Waals surface area contributed by atoms with Crippen molar-refractivity contribution in [2.45, 2.75) is 20.4 Å². The Morgan fingerprint density at radius 1 is 1.26 bits per heavy atom. The summed E-state index contributed by atoms with van der Waals surface area (Å²) >= 11 is 9.29. The normalized spacial score (nSPS) is 10.6. The molecule has 0 aromatic heterocycles. The topological polar surface area (TPSA) is 12.0 Å². The van der Waals surface area contributed by atoms with Crippen molar-refractivity contribution in [3.63, 3.8) is 0 Å². The van der Waals surface area contributed by atoms with Crippen LogP contribution in [0.25, 0.3) is 0 Å². The van der Waals surface area contributed by atoms with Gasteiger partial charge in [-0.3, -0.25) is 0 Å². The van der Waals surface area contributed by atoms with Crippen molar-refractivity contribution in [1.29, 1.82) is 0 Å². The van der Waals surface area contributed by atoms with Crippen LogP contribution in [-0.2, 0) is 6.54 Å². The van der Waals surface area contributed by atoms with E-state index in [0.717, 1.165) is 15.7 Å². The molecule has 0 amide bonds. The van der Waals surface area contributed by atoms with Gasteiger partial charge in [0.2, 0.25) is 0 Å². The molecule has 4 heteroatoms. The molecule has 2 rings (SSSR count). The Morgan fingerprint density at radius 3 is 2.68 bits per heavy atom. The Balaban J connectivity index is 2.22. The van der Waals surface area contributed by atoms with Crippen LogP contribution in [0.5, 0.6) is 0 Å². The van der Waals surface area contributed by atoms with E-state index in [-0.39, 0.29) is 10.8 Å². The standard InChI is InChI=1S/C15H14BrClFN/c1-9-6-10(2)15(12(16)7-9)19-8-11-4-3-5-13(17)14(11)18/h3-7,19H,8H2,1-2H3. The van der Waals surface area contributed by atoms with Crippen LogP contribution in [0.15, 0.2) is 34.8 Å². The van der Waals surface area contributed by atoms with E-state index >= 15 is 0 Å². The molecule has 1 nitrogen and oxygen atoms in total. The second-order valence-corrected chi connectivity index (χ2v) is 5.77. The molecular weight excluding hydrogens is 329 g/mol. The number of benzene rings is 2. The van der Waals surface area contributed by atoms with Crippen molar-refractivity contribution in [3.8, 4) is 0 Å². The Bertz CT molecular complexity index is 590. The zero-order chi connectivity index (χ0) is 14.0. The van der Waals surface area contributed by atoms with Crippen LogP contribution in [0.4, 0.5) is 10.1 Å². The summed E-state index contributed by atoms with van der Waals surface area (Å²) in [6.07, 6.45) is 0. The SMILES string of the molecule is Cc1cc(C)c(NCc2cccc(Cl)c2F)c(Br)c1. The lowest BCUT2D eigenvalue weighted by atomic mass is 10.1. The van der Waals surface area contributed by atoms with Crippen LogP contribution in [-0.4, -0.2) is 0 Å². The van der Waals surface area contributed by atoms with Crippen LogP contribution in [0.2, 0.25) is 5.02 Å². The van der Waals surface area contributed by atoms with Gasteiger partial charge >= 0.3 is 0 Å². The first-order chi connectivity index (χ1) is 8.99. The molecule has 1 N–H and O–H groups in total. The maximum absolute atomic E-state index is 13.8. The first kappa shape index (κ1) is 14.4. The predicted octanol–water partition coefficient (Wildman–Crippen LogP) is 5.47. The fourth-order valence-electron chi connectivity index (χ4n) is 2.01. The second-order valence-electron chi connectivity index (χ2n) is 4.51. The van der Waals surface area contributed by atoms with E-state index in [4.69, 9.17) is 11.6 Å². The summed E-state index contributed by atoms with van der Waals surface area (Å²) in [5.41, 5.74) is 3.84. The minimum atomic E-state index is -0.363. The summed E-state index contributed by atoms with van der Waals surface area (Å²) in [5, 5.41) is 3.40. The summed E-state index contributed by atoms with van der Waals surface area (Å²) < 4.78 is 14.8. The van der Waals surface area contributed by atoms with Crippen LogP contribution < -0.4 is 5.32 Å². The zero-order valence-electron chi connectivity index (χ0n) is 10.7. The van der Waals surface area contributed by atoms with E-state index in [9.17, 15) is 4.39 Å². The number of rotatable bonds is 3. The van der Waals surface area contributed by atoms with Crippen LogP contribution in [0, 0.1) is 19.7 Å². The molecule has 0 saturated carbocycles. The molecule has 0 bridgehead atoms. The van der Waals surface area contributed by atoms with Crippen molar-refractivity contribution >= 4 is 33.2 Å². The molecule has 100 valence electrons. The summed E-state index contributed by atoms with van der Waals surface area (Å²) in [7, 11) is 0. The van der Waals surface area contributed by atoms with Gasteiger partial charge in [0.05, 0.1) is 10.7 Å². The van der Waals surface area contributed by atoms with E-state index in [2.05, 4.69) is 27.3 Å². The molecule has 0 spiro atoms. The monoisotopic (exact) mass is 341 g/mol. The lowest BCUT2D eigenvalue weighted by Crippen LogP contribution is -2.04. The molecule has 19 heavy (non-hydrogen) atoms. The van der Waals surface area contributed by atoms with E-state index in [1.54, 1.807) is 18.2 Å². The number of nitrogens with one attached hydrogen (secondary N) is 1. The van der Waals surface area contributed by atoms with Gasteiger partial charge in [-0.05, 0) is 53.0 Å². The Morgan fingerprint density at radius 2 is 2.00 bits per heavy atom. The summed E-state index contributed by atoms with van der Waals surface area (Å²) in [5.74, 6) is -0.363. The molecule has 0 unspecified atom stereocenters. The van der Waals surface area contributed by atoms with Crippen molar-refractivity contribution in [1.82, 2.24) is 0 Å². The first-order valence-electron chi connectivity index (χ1n) is 5.92. The fraction of sp³-hybridized carbons (Fsp3) is 0.200. The summed E-state index contributed by atoms with van der Waals surface area (Å²) in [4.78, 5) is 0. The molecular formula is C15H14BrClFN. The summed E-state index contributed by atoms with van der Waals surface area (Å²) in [6, 6.07) is 9.14. The third kappa shape index (κ3) is 3.28. The maximum atomic E-state index is 13.8. The van der Waals surface area contributed by atoms with Crippen molar-refractivity contribution in [2.24, 2.45) is 0 Å². The minimum absolute atomic E-state index is 0.152. The lowest BCUT2D eigenvalue weighted by Gasteiger charge is -2.13. The Kier molecular flexibility index (Phi) is 4.48. The molecule has 0 aliphatic heterocycles. The lowest BCUT2D eigenvalue weighted by molar-refractivity contribution is 0.613. The highest BCUT2D eigenvalue weighted by Gasteiger charge is 2.08. The van der Waals surface area contributed by atoms with Gasteiger partial charge in [0.25, 0.3) is 0 Å². The highest BCUT2D eigenvalue weighted by atomic mass is 79.9. The van der Waals surface area contributed by atoms with Gasteiger partial charge in [-0.2, -0.15) is 0 Å². The van der Waals surface area contributed by atoms with Crippen molar-refractivity contribution in [3.05, 3.63) is 62.3 Å². The largest absolute Gasteiger partial charge is 0.380 e. The molecule has 0 atom stereocenters. The van der Waals surface area contributed by atoms with Gasteiger partial charge in [0, 0.05) is 16.6 Å². The predicted molar refractivity (Wildman–Crippen MR) is 82.4 cm³/mol. The van der Waals surface area contributed by atoms with Crippen molar-refractivity contribution < 1.29 is 4.39 Å². The maximum Gasteiger partial charge on any atom is 0.146 e. The number of hydrogen-bond acceptors (Lipinski definition) is 1. The van der Waals surface area contributed by atoms with Crippen LogP contribution in [0.3, 0.4) is 0 Å².